The topological polar surface area (TPSA) is 74.3 Å². The Labute approximate surface area is 116 Å². The van der Waals surface area contributed by atoms with Gasteiger partial charge in [0.25, 0.3) is 5.56 Å². The van der Waals surface area contributed by atoms with Crippen molar-refractivity contribution in [2.45, 2.75) is 26.4 Å². The highest BCUT2D eigenvalue weighted by Crippen LogP contribution is 2.35. The minimum Gasteiger partial charge on any atom is -0.493 e. The van der Waals surface area contributed by atoms with Gasteiger partial charge in [0.05, 0.1) is 29.8 Å². The molecule has 0 aliphatic carbocycles. The molecule has 1 aromatic carbocycles. The van der Waals surface area contributed by atoms with E-state index in [2.05, 4.69) is 10.3 Å². The number of H-pyrrole nitrogens is 1. The van der Waals surface area contributed by atoms with E-state index in [4.69, 9.17) is 4.74 Å². The summed E-state index contributed by atoms with van der Waals surface area (Å²) < 4.78 is 5.69. The number of nitrogens with one attached hydrogen (secondary N) is 2. The van der Waals surface area contributed by atoms with Crippen LogP contribution in [0.2, 0.25) is 0 Å². The van der Waals surface area contributed by atoms with Crippen molar-refractivity contribution in [1.82, 2.24) is 4.98 Å². The van der Waals surface area contributed by atoms with Gasteiger partial charge in [-0.05, 0) is 37.5 Å². The molecule has 20 heavy (non-hydrogen) atoms. The van der Waals surface area contributed by atoms with Crippen LogP contribution in [0.5, 0.6) is 5.75 Å². The summed E-state index contributed by atoms with van der Waals surface area (Å²) in [6, 6.07) is 3.64. The number of hydrogen-bond donors (Lipinski definition) is 3. The van der Waals surface area contributed by atoms with Crippen LogP contribution in [0.4, 0.5) is 5.69 Å². The predicted octanol–water partition coefficient (Wildman–Crippen LogP) is 1.78. The lowest BCUT2D eigenvalue weighted by Gasteiger charge is -2.21. The Morgan fingerprint density at radius 2 is 2.25 bits per heavy atom. The van der Waals surface area contributed by atoms with Crippen molar-refractivity contribution in [3.63, 3.8) is 0 Å². The zero-order chi connectivity index (χ0) is 14.1. The van der Waals surface area contributed by atoms with Gasteiger partial charge in [-0.1, -0.05) is 0 Å². The molecule has 0 amide bonds. The molecule has 0 bridgehead atoms. The van der Waals surface area contributed by atoms with Crippen LogP contribution in [-0.4, -0.2) is 23.2 Å². The van der Waals surface area contributed by atoms with Crippen molar-refractivity contribution < 1.29 is 9.84 Å². The third-order valence-corrected chi connectivity index (χ3v) is 3.62. The summed E-state index contributed by atoms with van der Waals surface area (Å²) in [4.78, 5) is 15.1. The lowest BCUT2D eigenvalue weighted by atomic mass is 10.00. The van der Waals surface area contributed by atoms with E-state index >= 15 is 0 Å². The summed E-state index contributed by atoms with van der Waals surface area (Å²) in [6.07, 6.45) is 1.74. The summed E-state index contributed by atoms with van der Waals surface area (Å²) in [5.41, 5.74) is 3.05. The van der Waals surface area contributed by atoms with E-state index in [-0.39, 0.29) is 12.2 Å². The van der Waals surface area contributed by atoms with Gasteiger partial charge in [-0.15, -0.1) is 0 Å². The number of fused-ring (bicyclic) bond motifs is 3. The van der Waals surface area contributed by atoms with Crippen LogP contribution in [0.1, 0.15) is 24.5 Å². The molecule has 2 heterocycles. The van der Waals surface area contributed by atoms with E-state index in [9.17, 15) is 9.90 Å². The van der Waals surface area contributed by atoms with Crippen molar-refractivity contribution in [2.24, 2.45) is 0 Å². The molecule has 1 aromatic heterocycles. The van der Waals surface area contributed by atoms with E-state index in [0.29, 0.717) is 17.9 Å². The smallest absolute Gasteiger partial charge is 0.253 e. The SMILES string of the molecule is CCOc1cc(CO)cc2[nH]c(=O)c3c(c12)NCCC3. The molecule has 0 spiro atoms. The Morgan fingerprint density at radius 1 is 1.40 bits per heavy atom. The number of pyridine rings is 1. The second-order valence-electron chi connectivity index (χ2n) is 4.95. The van der Waals surface area contributed by atoms with Crippen LogP contribution in [0.3, 0.4) is 0 Å². The number of ether oxygens (including phenoxy) is 1. The highest BCUT2D eigenvalue weighted by Gasteiger charge is 2.19. The predicted molar refractivity (Wildman–Crippen MR) is 78.5 cm³/mol. The summed E-state index contributed by atoms with van der Waals surface area (Å²) in [7, 11) is 0. The quantitative estimate of drug-likeness (QED) is 0.797. The summed E-state index contributed by atoms with van der Waals surface area (Å²) in [5.74, 6) is 0.705. The van der Waals surface area contributed by atoms with Crippen molar-refractivity contribution in [3.8, 4) is 5.75 Å². The molecule has 5 nitrogen and oxygen atoms in total. The number of aliphatic hydroxyl groups is 1. The average molecular weight is 274 g/mol. The molecule has 3 N–H and O–H groups in total. The Balaban J connectivity index is 2.36. The molecule has 0 saturated heterocycles. The minimum atomic E-state index is -0.0808. The number of anilines is 1. The van der Waals surface area contributed by atoms with Crippen molar-refractivity contribution in [1.29, 1.82) is 0 Å². The third-order valence-electron chi connectivity index (χ3n) is 3.62. The minimum absolute atomic E-state index is 0.0581. The van der Waals surface area contributed by atoms with Gasteiger partial charge < -0.3 is 20.1 Å². The largest absolute Gasteiger partial charge is 0.493 e. The molecular formula is C15H18N2O3. The van der Waals surface area contributed by atoms with E-state index < -0.39 is 0 Å². The fraction of sp³-hybridized carbons (Fsp3) is 0.400. The molecule has 1 aliphatic rings. The Morgan fingerprint density at radius 3 is 3.00 bits per heavy atom. The number of rotatable bonds is 3. The molecule has 0 radical (unpaired) electrons. The average Bonchev–Trinajstić information content (AvgIpc) is 2.47. The lowest BCUT2D eigenvalue weighted by molar-refractivity contribution is 0.280. The lowest BCUT2D eigenvalue weighted by Crippen LogP contribution is -2.22. The van der Waals surface area contributed by atoms with Crippen LogP contribution in [0.25, 0.3) is 10.9 Å². The summed E-state index contributed by atoms with van der Waals surface area (Å²) in [5, 5.41) is 13.6. The normalized spacial score (nSPS) is 13.9. The van der Waals surface area contributed by atoms with Crippen LogP contribution in [-0.2, 0) is 13.0 Å². The molecule has 5 heteroatoms. The highest BCUT2D eigenvalue weighted by molar-refractivity contribution is 5.98. The second kappa shape index (κ2) is 5.17. The van der Waals surface area contributed by atoms with Gasteiger partial charge in [-0.25, -0.2) is 0 Å². The maximum atomic E-state index is 12.1. The maximum absolute atomic E-state index is 12.1. The summed E-state index contributed by atoms with van der Waals surface area (Å²) >= 11 is 0. The first-order valence-corrected chi connectivity index (χ1v) is 6.94. The monoisotopic (exact) mass is 274 g/mol. The van der Waals surface area contributed by atoms with Gasteiger partial charge in [0.15, 0.2) is 0 Å². The molecule has 106 valence electrons. The Hall–Kier alpha value is -2.01. The molecule has 0 fully saturated rings. The van der Waals surface area contributed by atoms with Gasteiger partial charge in [-0.2, -0.15) is 0 Å². The highest BCUT2D eigenvalue weighted by atomic mass is 16.5. The van der Waals surface area contributed by atoms with Gasteiger partial charge in [-0.3, -0.25) is 4.79 Å². The van der Waals surface area contributed by atoms with Gasteiger partial charge in [0.1, 0.15) is 5.75 Å². The standard InChI is InChI=1S/C15H18N2O3/c1-2-20-12-7-9(8-18)6-11-13(12)14-10(15(19)17-11)4-3-5-16-14/h6-7,16,18H,2-5,8H2,1H3,(H,17,19). The number of aliphatic hydroxyl groups excluding tert-OH is 1. The fourth-order valence-electron chi connectivity index (χ4n) is 2.76. The van der Waals surface area contributed by atoms with Gasteiger partial charge in [0.2, 0.25) is 0 Å². The van der Waals surface area contributed by atoms with E-state index in [1.807, 2.05) is 13.0 Å². The maximum Gasteiger partial charge on any atom is 0.253 e. The molecule has 0 atom stereocenters. The number of aromatic nitrogens is 1. The van der Waals surface area contributed by atoms with Crippen LogP contribution >= 0.6 is 0 Å². The zero-order valence-corrected chi connectivity index (χ0v) is 11.5. The van der Waals surface area contributed by atoms with E-state index in [0.717, 1.165) is 41.6 Å². The molecule has 0 unspecified atom stereocenters. The van der Waals surface area contributed by atoms with Gasteiger partial charge >= 0.3 is 0 Å². The first-order valence-electron chi connectivity index (χ1n) is 6.94. The number of benzene rings is 1. The molecule has 0 saturated carbocycles. The molecule has 1 aliphatic heterocycles. The van der Waals surface area contributed by atoms with Crippen LogP contribution in [0, 0.1) is 0 Å². The first-order chi connectivity index (χ1) is 9.74. The molecular weight excluding hydrogens is 256 g/mol. The molecule has 2 aromatic rings. The fourth-order valence-corrected chi connectivity index (χ4v) is 2.76. The Bertz CT molecular complexity index is 706. The number of aromatic amines is 1. The first kappa shape index (κ1) is 13.0. The van der Waals surface area contributed by atoms with Gasteiger partial charge in [0, 0.05) is 12.1 Å². The van der Waals surface area contributed by atoms with Crippen molar-refractivity contribution in [2.75, 3.05) is 18.5 Å². The van der Waals surface area contributed by atoms with Crippen LogP contribution < -0.4 is 15.6 Å². The third kappa shape index (κ3) is 2.04. The Kier molecular flexibility index (Phi) is 3.36. The summed E-state index contributed by atoms with van der Waals surface area (Å²) in [6.45, 7) is 3.24. The molecule has 3 rings (SSSR count). The number of hydrogen-bond acceptors (Lipinski definition) is 4. The van der Waals surface area contributed by atoms with E-state index in [1.165, 1.54) is 0 Å². The van der Waals surface area contributed by atoms with Crippen molar-refractivity contribution in [3.05, 3.63) is 33.6 Å². The zero-order valence-electron chi connectivity index (χ0n) is 11.5. The van der Waals surface area contributed by atoms with E-state index in [1.54, 1.807) is 6.07 Å². The second-order valence-corrected chi connectivity index (χ2v) is 4.95. The van der Waals surface area contributed by atoms with Crippen molar-refractivity contribution >= 4 is 16.6 Å². The van der Waals surface area contributed by atoms with Crippen LogP contribution in [0.15, 0.2) is 16.9 Å².